The second-order valence-electron chi connectivity index (χ2n) is 8.25. The summed E-state index contributed by atoms with van der Waals surface area (Å²) in [4.78, 5) is 17.5. The van der Waals surface area contributed by atoms with Crippen LogP contribution in [0.3, 0.4) is 0 Å². The lowest BCUT2D eigenvalue weighted by atomic mass is 9.96. The molecule has 0 atom stereocenters. The number of anilines is 2. The minimum atomic E-state index is 0.775. The van der Waals surface area contributed by atoms with E-state index in [-0.39, 0.29) is 0 Å². The van der Waals surface area contributed by atoms with Crippen LogP contribution in [0.2, 0.25) is 0 Å². The molecule has 0 radical (unpaired) electrons. The molecule has 5 aromatic rings. The predicted octanol–water partition coefficient (Wildman–Crippen LogP) is 4.48. The largest absolute Gasteiger partial charge is 0.352 e. The first-order valence-corrected chi connectivity index (χ1v) is 11.4. The number of benzene rings is 2. The summed E-state index contributed by atoms with van der Waals surface area (Å²) in [7, 11) is 0. The van der Waals surface area contributed by atoms with E-state index >= 15 is 0 Å². The highest BCUT2D eigenvalue weighted by Gasteiger charge is 2.22. The van der Waals surface area contributed by atoms with Gasteiger partial charge < -0.3 is 9.80 Å². The lowest BCUT2D eigenvalue weighted by Crippen LogP contribution is -2.47. The maximum atomic E-state index is 4.78. The molecule has 0 saturated carbocycles. The number of aromatic nitrogens is 5. The Kier molecular flexibility index (Phi) is 5.27. The normalized spacial score (nSPS) is 13.9. The van der Waals surface area contributed by atoms with E-state index in [4.69, 9.17) is 5.10 Å². The van der Waals surface area contributed by atoms with Gasteiger partial charge in [-0.25, -0.2) is 9.97 Å². The van der Waals surface area contributed by atoms with E-state index in [0.29, 0.717) is 0 Å². The van der Waals surface area contributed by atoms with E-state index in [9.17, 15) is 0 Å². The van der Waals surface area contributed by atoms with E-state index in [1.54, 1.807) is 12.4 Å². The van der Waals surface area contributed by atoms with Gasteiger partial charge in [0.15, 0.2) is 5.82 Å². The summed E-state index contributed by atoms with van der Waals surface area (Å²) in [6.45, 7) is 3.33. The van der Waals surface area contributed by atoms with Gasteiger partial charge in [0, 0.05) is 62.1 Å². The number of piperazine rings is 1. The molecule has 0 aliphatic carbocycles. The summed E-state index contributed by atoms with van der Waals surface area (Å²) in [5, 5.41) is 11.8. The Morgan fingerprint density at radius 3 is 2.18 bits per heavy atom. The van der Waals surface area contributed by atoms with Crippen molar-refractivity contribution in [3.05, 3.63) is 91.5 Å². The molecule has 3 aromatic heterocycles. The highest BCUT2D eigenvalue weighted by molar-refractivity contribution is 5.99. The molecule has 0 unspecified atom stereocenters. The third-order valence-corrected chi connectivity index (χ3v) is 6.26. The lowest BCUT2D eigenvalue weighted by Gasteiger charge is -2.35. The summed E-state index contributed by atoms with van der Waals surface area (Å²) in [5.41, 5.74) is 4.08. The maximum Gasteiger partial charge on any atom is 0.225 e. The van der Waals surface area contributed by atoms with E-state index in [0.717, 1.165) is 60.3 Å². The quantitative estimate of drug-likeness (QED) is 0.404. The Labute approximate surface area is 197 Å². The average molecular weight is 446 g/mol. The Morgan fingerprint density at radius 1 is 0.618 bits per heavy atom. The van der Waals surface area contributed by atoms with Crippen molar-refractivity contribution >= 4 is 22.5 Å². The number of pyridine rings is 1. The van der Waals surface area contributed by atoms with Crippen LogP contribution in [-0.4, -0.2) is 51.3 Å². The maximum absolute atomic E-state index is 4.78. The van der Waals surface area contributed by atoms with Crippen LogP contribution in [0.4, 0.5) is 11.8 Å². The highest BCUT2D eigenvalue weighted by Crippen LogP contribution is 2.36. The molecule has 34 heavy (non-hydrogen) atoms. The lowest BCUT2D eigenvalue weighted by molar-refractivity contribution is 0.631. The Bertz CT molecular complexity index is 1410. The van der Waals surface area contributed by atoms with Crippen LogP contribution in [0.25, 0.3) is 33.2 Å². The zero-order valence-electron chi connectivity index (χ0n) is 18.6. The van der Waals surface area contributed by atoms with Gasteiger partial charge in [0.1, 0.15) is 5.69 Å². The van der Waals surface area contributed by atoms with Gasteiger partial charge in [-0.3, -0.25) is 4.98 Å². The van der Waals surface area contributed by atoms with Gasteiger partial charge in [0.05, 0.1) is 0 Å². The zero-order chi connectivity index (χ0) is 22.7. The second-order valence-corrected chi connectivity index (χ2v) is 8.25. The molecule has 1 aliphatic rings. The van der Waals surface area contributed by atoms with Gasteiger partial charge in [-0.05, 0) is 40.6 Å². The minimum absolute atomic E-state index is 0.775. The number of rotatable bonds is 4. The molecule has 0 bridgehead atoms. The first-order valence-electron chi connectivity index (χ1n) is 11.4. The van der Waals surface area contributed by atoms with Crippen LogP contribution < -0.4 is 9.80 Å². The van der Waals surface area contributed by atoms with Gasteiger partial charge in [0.2, 0.25) is 5.95 Å². The molecule has 4 heterocycles. The molecular formula is C27H23N7. The number of nitrogens with zero attached hydrogens (tertiary/aromatic N) is 7. The molecule has 0 spiro atoms. The van der Waals surface area contributed by atoms with Crippen LogP contribution >= 0.6 is 0 Å². The van der Waals surface area contributed by atoms with Crippen molar-refractivity contribution in [1.29, 1.82) is 0 Å². The average Bonchev–Trinajstić information content (AvgIpc) is 2.93. The summed E-state index contributed by atoms with van der Waals surface area (Å²) < 4.78 is 0. The molecule has 1 aliphatic heterocycles. The van der Waals surface area contributed by atoms with Crippen molar-refractivity contribution in [2.75, 3.05) is 36.0 Å². The first-order chi connectivity index (χ1) is 16.9. The van der Waals surface area contributed by atoms with Crippen molar-refractivity contribution in [1.82, 2.24) is 25.1 Å². The molecule has 0 N–H and O–H groups in total. The Hall–Kier alpha value is -4.39. The van der Waals surface area contributed by atoms with Crippen molar-refractivity contribution < 1.29 is 0 Å². The topological polar surface area (TPSA) is 70.9 Å². The van der Waals surface area contributed by atoms with Gasteiger partial charge in [0.25, 0.3) is 0 Å². The van der Waals surface area contributed by atoms with Crippen molar-refractivity contribution in [2.45, 2.75) is 0 Å². The molecule has 2 aromatic carbocycles. The third-order valence-electron chi connectivity index (χ3n) is 6.26. The molecular weight excluding hydrogens is 422 g/mol. The summed E-state index contributed by atoms with van der Waals surface area (Å²) in [5.74, 6) is 1.65. The minimum Gasteiger partial charge on any atom is -0.352 e. The Balaban J connectivity index is 1.37. The fourth-order valence-corrected chi connectivity index (χ4v) is 4.51. The monoisotopic (exact) mass is 445 g/mol. The van der Waals surface area contributed by atoms with Crippen LogP contribution in [0, 0.1) is 0 Å². The van der Waals surface area contributed by atoms with E-state index in [1.165, 1.54) is 10.8 Å². The zero-order valence-corrected chi connectivity index (χ0v) is 18.6. The van der Waals surface area contributed by atoms with Crippen LogP contribution in [-0.2, 0) is 0 Å². The van der Waals surface area contributed by atoms with E-state index < -0.39 is 0 Å². The molecule has 166 valence electrons. The van der Waals surface area contributed by atoms with Gasteiger partial charge in [-0.1, -0.05) is 42.5 Å². The van der Waals surface area contributed by atoms with E-state index in [1.807, 2.05) is 30.6 Å². The predicted molar refractivity (Wildman–Crippen MR) is 135 cm³/mol. The van der Waals surface area contributed by atoms with Gasteiger partial charge >= 0.3 is 0 Å². The molecule has 7 heteroatoms. The van der Waals surface area contributed by atoms with Crippen molar-refractivity contribution in [3.8, 4) is 22.4 Å². The Morgan fingerprint density at radius 2 is 1.35 bits per heavy atom. The number of hydrogen-bond donors (Lipinski definition) is 0. The smallest absolute Gasteiger partial charge is 0.225 e. The van der Waals surface area contributed by atoms with Gasteiger partial charge in [-0.2, -0.15) is 0 Å². The summed E-state index contributed by atoms with van der Waals surface area (Å²) >= 11 is 0. The highest BCUT2D eigenvalue weighted by atomic mass is 15.3. The standard InChI is InChI=1S/C27H23N7/c1-2-7-22-20(5-1)6-3-8-23(22)26-24(21-9-13-28-14-10-21)19-25(31-32-26)33-15-17-34(18-16-33)27-29-11-4-12-30-27/h1-14,19H,15-18H2. The number of fused-ring (bicyclic) bond motifs is 1. The first kappa shape index (κ1) is 20.2. The SMILES string of the molecule is c1cnc(N2CCN(c3cc(-c4ccncc4)c(-c4cccc5ccccc45)nn3)CC2)nc1. The van der Waals surface area contributed by atoms with Crippen molar-refractivity contribution in [2.24, 2.45) is 0 Å². The van der Waals surface area contributed by atoms with Crippen molar-refractivity contribution in [3.63, 3.8) is 0 Å². The fraction of sp³-hybridized carbons (Fsp3) is 0.148. The molecule has 1 fully saturated rings. The summed E-state index contributed by atoms with van der Waals surface area (Å²) in [6, 6.07) is 22.8. The third kappa shape index (κ3) is 3.81. The summed E-state index contributed by atoms with van der Waals surface area (Å²) in [6.07, 6.45) is 7.21. The molecule has 7 nitrogen and oxygen atoms in total. The molecule has 6 rings (SSSR count). The van der Waals surface area contributed by atoms with Crippen LogP contribution in [0.1, 0.15) is 0 Å². The fourth-order valence-electron chi connectivity index (χ4n) is 4.51. The van der Waals surface area contributed by atoms with Gasteiger partial charge in [-0.15, -0.1) is 10.2 Å². The molecule has 1 saturated heterocycles. The molecule has 0 amide bonds. The van der Waals surface area contributed by atoms with Crippen LogP contribution in [0.5, 0.6) is 0 Å². The number of hydrogen-bond acceptors (Lipinski definition) is 7. The van der Waals surface area contributed by atoms with Crippen LogP contribution in [0.15, 0.2) is 91.5 Å². The van der Waals surface area contributed by atoms with E-state index in [2.05, 4.69) is 78.4 Å². The second kappa shape index (κ2) is 8.86.